The molecule has 0 radical (unpaired) electrons. The predicted octanol–water partition coefficient (Wildman–Crippen LogP) is 0.929. The van der Waals surface area contributed by atoms with Crippen molar-refractivity contribution in [2.45, 2.75) is 13.3 Å². The molecule has 0 fully saturated rings. The van der Waals surface area contributed by atoms with Crippen LogP contribution in [0.3, 0.4) is 0 Å². The zero-order chi connectivity index (χ0) is 12.6. The molecule has 2 N–H and O–H groups in total. The van der Waals surface area contributed by atoms with Crippen molar-refractivity contribution in [3.8, 4) is 0 Å². The second kappa shape index (κ2) is 7.16. The van der Waals surface area contributed by atoms with E-state index in [4.69, 9.17) is 0 Å². The molecule has 0 aliphatic heterocycles. The highest BCUT2D eigenvalue weighted by molar-refractivity contribution is 7.87. The molecule has 0 atom stereocenters. The highest BCUT2D eigenvalue weighted by Crippen LogP contribution is 1.97. The first-order chi connectivity index (χ1) is 8.14. The fourth-order valence-corrected chi connectivity index (χ4v) is 2.01. The molecular weight excluding hydrogens is 238 g/mol. The molecule has 0 bridgehead atoms. The van der Waals surface area contributed by atoms with Crippen LogP contribution in [0.15, 0.2) is 30.6 Å². The molecule has 1 rings (SSSR count). The number of hydrogen-bond acceptors (Lipinski definition) is 3. The van der Waals surface area contributed by atoms with E-state index in [1.54, 1.807) is 18.5 Å². The monoisotopic (exact) mass is 255 g/mol. The summed E-state index contributed by atoms with van der Waals surface area (Å²) in [6, 6.07) is 3.72. The van der Waals surface area contributed by atoms with Crippen LogP contribution in [0.5, 0.6) is 0 Å². The fourth-order valence-electron chi connectivity index (χ4n) is 1.11. The third kappa shape index (κ3) is 6.15. The summed E-state index contributed by atoms with van der Waals surface area (Å²) in [5, 5.41) is 0. The summed E-state index contributed by atoms with van der Waals surface area (Å²) >= 11 is 0. The van der Waals surface area contributed by atoms with Gasteiger partial charge >= 0.3 is 0 Å². The number of hydrogen-bond donors (Lipinski definition) is 2. The molecule has 1 heterocycles. The Morgan fingerprint density at radius 2 is 2.24 bits per heavy atom. The molecule has 5 nitrogen and oxygen atoms in total. The minimum Gasteiger partial charge on any atom is -0.264 e. The number of nitrogens with one attached hydrogen (secondary N) is 2. The molecule has 94 valence electrons. The number of aromatic nitrogens is 1. The van der Waals surface area contributed by atoms with E-state index in [0.717, 1.165) is 12.0 Å². The topological polar surface area (TPSA) is 71.1 Å². The van der Waals surface area contributed by atoms with Crippen LogP contribution in [0.2, 0.25) is 0 Å². The highest BCUT2D eigenvalue weighted by Gasteiger charge is 2.04. The van der Waals surface area contributed by atoms with Gasteiger partial charge in [0.1, 0.15) is 0 Å². The van der Waals surface area contributed by atoms with Crippen molar-refractivity contribution in [3.63, 3.8) is 0 Å². The summed E-state index contributed by atoms with van der Waals surface area (Å²) in [6.45, 7) is 2.61. The van der Waals surface area contributed by atoms with E-state index in [9.17, 15) is 8.42 Å². The normalized spacial score (nSPS) is 12.1. The van der Waals surface area contributed by atoms with Gasteiger partial charge in [0.15, 0.2) is 0 Å². The van der Waals surface area contributed by atoms with Crippen LogP contribution in [0.4, 0.5) is 0 Å². The van der Waals surface area contributed by atoms with Crippen LogP contribution in [0.25, 0.3) is 6.08 Å². The number of nitrogens with zero attached hydrogens (tertiary/aromatic N) is 1. The molecule has 1 aromatic heterocycles. The Bertz CT molecular complexity index is 443. The summed E-state index contributed by atoms with van der Waals surface area (Å²) in [4.78, 5) is 3.95. The lowest BCUT2D eigenvalue weighted by Gasteiger charge is -2.04. The second-order valence-corrected chi connectivity index (χ2v) is 5.02. The van der Waals surface area contributed by atoms with Gasteiger partial charge in [0.05, 0.1) is 0 Å². The van der Waals surface area contributed by atoms with Crippen molar-refractivity contribution in [1.29, 1.82) is 0 Å². The van der Waals surface area contributed by atoms with Crippen LogP contribution < -0.4 is 9.44 Å². The van der Waals surface area contributed by atoms with E-state index in [-0.39, 0.29) is 6.54 Å². The second-order valence-electron chi connectivity index (χ2n) is 3.43. The summed E-state index contributed by atoms with van der Waals surface area (Å²) in [7, 11) is -3.37. The Morgan fingerprint density at radius 3 is 2.88 bits per heavy atom. The van der Waals surface area contributed by atoms with Crippen LogP contribution in [-0.4, -0.2) is 26.5 Å². The van der Waals surface area contributed by atoms with Gasteiger partial charge in [0.2, 0.25) is 0 Å². The Hall–Kier alpha value is -1.24. The first kappa shape index (κ1) is 13.8. The fraction of sp³-hybridized carbons (Fsp3) is 0.364. The molecule has 0 amide bonds. The van der Waals surface area contributed by atoms with Crippen LogP contribution >= 0.6 is 0 Å². The summed E-state index contributed by atoms with van der Waals surface area (Å²) in [6.07, 6.45) is 7.72. The van der Waals surface area contributed by atoms with Crippen molar-refractivity contribution in [3.05, 3.63) is 36.2 Å². The van der Waals surface area contributed by atoms with E-state index >= 15 is 0 Å². The largest absolute Gasteiger partial charge is 0.277 e. The maximum Gasteiger partial charge on any atom is 0.277 e. The Labute approximate surface area is 102 Å². The van der Waals surface area contributed by atoms with Gasteiger partial charge in [0, 0.05) is 25.5 Å². The number of pyridine rings is 1. The Balaban J connectivity index is 2.35. The minimum absolute atomic E-state index is 0.258. The average molecular weight is 255 g/mol. The lowest BCUT2D eigenvalue weighted by Crippen LogP contribution is -2.36. The molecule has 0 saturated carbocycles. The van der Waals surface area contributed by atoms with Crippen LogP contribution in [-0.2, 0) is 10.2 Å². The smallest absolute Gasteiger partial charge is 0.264 e. The van der Waals surface area contributed by atoms with Crippen molar-refractivity contribution in [1.82, 2.24) is 14.4 Å². The molecule has 0 aliphatic rings. The zero-order valence-corrected chi connectivity index (χ0v) is 10.6. The molecule has 0 unspecified atom stereocenters. The first-order valence-electron chi connectivity index (χ1n) is 5.45. The van der Waals surface area contributed by atoms with Gasteiger partial charge in [-0.1, -0.05) is 25.1 Å². The van der Waals surface area contributed by atoms with E-state index in [1.165, 1.54) is 0 Å². The molecule has 0 aromatic carbocycles. The van der Waals surface area contributed by atoms with Crippen molar-refractivity contribution in [2.24, 2.45) is 0 Å². The molecule has 17 heavy (non-hydrogen) atoms. The van der Waals surface area contributed by atoms with Gasteiger partial charge in [-0.05, 0) is 18.1 Å². The molecule has 0 saturated heterocycles. The Morgan fingerprint density at radius 1 is 1.41 bits per heavy atom. The van der Waals surface area contributed by atoms with Gasteiger partial charge in [-0.15, -0.1) is 0 Å². The number of rotatable bonds is 7. The molecular formula is C11H17N3O2S. The van der Waals surface area contributed by atoms with Crippen LogP contribution in [0, 0.1) is 0 Å². The third-order valence-corrected chi connectivity index (χ3v) is 3.06. The molecule has 6 heteroatoms. The minimum atomic E-state index is -3.37. The van der Waals surface area contributed by atoms with E-state index in [0.29, 0.717) is 6.54 Å². The van der Waals surface area contributed by atoms with Gasteiger partial charge in [-0.2, -0.15) is 13.1 Å². The van der Waals surface area contributed by atoms with Crippen molar-refractivity contribution >= 4 is 16.3 Å². The van der Waals surface area contributed by atoms with Crippen LogP contribution in [0.1, 0.15) is 18.9 Å². The Kier molecular flexibility index (Phi) is 5.82. The van der Waals surface area contributed by atoms with Gasteiger partial charge in [-0.25, -0.2) is 4.72 Å². The molecule has 1 aromatic rings. The maximum absolute atomic E-state index is 11.3. The average Bonchev–Trinajstić information content (AvgIpc) is 2.34. The first-order valence-corrected chi connectivity index (χ1v) is 6.93. The van der Waals surface area contributed by atoms with E-state index in [1.807, 2.05) is 25.1 Å². The maximum atomic E-state index is 11.3. The lowest BCUT2D eigenvalue weighted by atomic mass is 10.3. The van der Waals surface area contributed by atoms with Gasteiger partial charge in [-0.3, -0.25) is 4.98 Å². The molecule has 0 aliphatic carbocycles. The van der Waals surface area contributed by atoms with E-state index < -0.39 is 10.2 Å². The van der Waals surface area contributed by atoms with Crippen molar-refractivity contribution < 1.29 is 8.42 Å². The third-order valence-electron chi connectivity index (χ3n) is 1.93. The quantitative estimate of drug-likeness (QED) is 0.761. The predicted molar refractivity (Wildman–Crippen MR) is 68.5 cm³/mol. The lowest BCUT2D eigenvalue weighted by molar-refractivity contribution is 0.570. The molecule has 0 spiro atoms. The summed E-state index contributed by atoms with van der Waals surface area (Å²) in [5.41, 5.74) is 0.938. The summed E-state index contributed by atoms with van der Waals surface area (Å²) < 4.78 is 27.5. The zero-order valence-electron chi connectivity index (χ0n) is 9.76. The van der Waals surface area contributed by atoms with Crippen molar-refractivity contribution in [2.75, 3.05) is 13.1 Å². The van der Waals surface area contributed by atoms with Gasteiger partial charge in [0.25, 0.3) is 10.2 Å². The highest BCUT2D eigenvalue weighted by atomic mass is 32.2. The van der Waals surface area contributed by atoms with E-state index in [2.05, 4.69) is 14.4 Å². The summed E-state index contributed by atoms with van der Waals surface area (Å²) in [5.74, 6) is 0. The van der Waals surface area contributed by atoms with Gasteiger partial charge < -0.3 is 0 Å². The standard InChI is InChI=1S/C11H17N3O2S/c1-2-7-13-17(15,16)14-9-4-6-11-5-3-8-12-10-11/h3-6,8,10,13-14H,2,7,9H2,1H3. The SMILES string of the molecule is CCCNS(=O)(=O)NCC=Cc1cccnc1.